The van der Waals surface area contributed by atoms with E-state index in [-0.39, 0.29) is 22.9 Å². The lowest BCUT2D eigenvalue weighted by atomic mass is 10.1. The standard InChI is InChI=1S/C16H17NO5S/c1-12-5-3-4-6-14(12)11-23(20,21)10-13-7-8-16(22-2)15(9-13)17(18)19/h3-9H,10-11H2,1-2H3. The molecule has 0 bridgehead atoms. The van der Waals surface area contributed by atoms with Gasteiger partial charge in [-0.2, -0.15) is 0 Å². The van der Waals surface area contributed by atoms with Gasteiger partial charge in [0.25, 0.3) is 0 Å². The monoisotopic (exact) mass is 335 g/mol. The van der Waals surface area contributed by atoms with Gasteiger partial charge in [0.05, 0.1) is 23.5 Å². The Kier molecular flexibility index (Phi) is 5.00. The Morgan fingerprint density at radius 3 is 2.43 bits per heavy atom. The van der Waals surface area contributed by atoms with E-state index in [9.17, 15) is 18.5 Å². The molecule has 122 valence electrons. The van der Waals surface area contributed by atoms with Crippen LogP contribution in [0.1, 0.15) is 16.7 Å². The highest BCUT2D eigenvalue weighted by Crippen LogP contribution is 2.28. The van der Waals surface area contributed by atoms with Gasteiger partial charge < -0.3 is 4.74 Å². The molecule has 0 heterocycles. The summed E-state index contributed by atoms with van der Waals surface area (Å²) in [5, 5.41) is 11.0. The Balaban J connectivity index is 2.26. The van der Waals surface area contributed by atoms with Crippen LogP contribution < -0.4 is 4.74 Å². The fourth-order valence-electron chi connectivity index (χ4n) is 2.28. The van der Waals surface area contributed by atoms with Gasteiger partial charge in [-0.05, 0) is 29.7 Å². The summed E-state index contributed by atoms with van der Waals surface area (Å²) in [6, 6.07) is 11.4. The normalized spacial score (nSPS) is 11.2. The molecule has 0 saturated heterocycles. The largest absolute Gasteiger partial charge is 0.490 e. The minimum Gasteiger partial charge on any atom is -0.490 e. The predicted octanol–water partition coefficient (Wildman–Crippen LogP) is 3.03. The lowest BCUT2D eigenvalue weighted by Gasteiger charge is -2.08. The highest BCUT2D eigenvalue weighted by Gasteiger charge is 2.19. The Bertz CT molecular complexity index is 830. The van der Waals surface area contributed by atoms with Crippen molar-refractivity contribution in [3.63, 3.8) is 0 Å². The average Bonchev–Trinajstić information content (AvgIpc) is 2.49. The van der Waals surface area contributed by atoms with Crippen molar-refractivity contribution < 1.29 is 18.1 Å². The van der Waals surface area contributed by atoms with Gasteiger partial charge in [0.2, 0.25) is 0 Å². The molecule has 7 heteroatoms. The van der Waals surface area contributed by atoms with Crippen LogP contribution in [0, 0.1) is 17.0 Å². The van der Waals surface area contributed by atoms with Crippen LogP contribution in [0.2, 0.25) is 0 Å². The van der Waals surface area contributed by atoms with Crippen LogP contribution in [0.3, 0.4) is 0 Å². The molecule has 0 unspecified atom stereocenters. The van der Waals surface area contributed by atoms with Crippen LogP contribution in [0.15, 0.2) is 42.5 Å². The number of hydrogen-bond acceptors (Lipinski definition) is 5. The maximum Gasteiger partial charge on any atom is 0.311 e. The topological polar surface area (TPSA) is 86.5 Å². The minimum atomic E-state index is -3.44. The van der Waals surface area contributed by atoms with Gasteiger partial charge in [0, 0.05) is 6.07 Å². The Hall–Kier alpha value is -2.41. The molecule has 2 aromatic rings. The molecule has 23 heavy (non-hydrogen) atoms. The third-order valence-corrected chi connectivity index (χ3v) is 4.99. The third kappa shape index (κ3) is 4.29. The van der Waals surface area contributed by atoms with Crippen LogP contribution in [0.5, 0.6) is 5.75 Å². The van der Waals surface area contributed by atoms with E-state index >= 15 is 0 Å². The van der Waals surface area contributed by atoms with E-state index in [1.165, 1.54) is 25.3 Å². The number of nitro benzene ring substituents is 1. The van der Waals surface area contributed by atoms with Crippen molar-refractivity contribution in [2.45, 2.75) is 18.4 Å². The van der Waals surface area contributed by atoms with Crippen LogP contribution >= 0.6 is 0 Å². The van der Waals surface area contributed by atoms with Crippen molar-refractivity contribution in [1.29, 1.82) is 0 Å². The molecule has 2 aromatic carbocycles. The summed E-state index contributed by atoms with van der Waals surface area (Å²) >= 11 is 0. The SMILES string of the molecule is COc1ccc(CS(=O)(=O)Cc2ccccc2C)cc1[N+](=O)[O-]. The third-order valence-electron chi connectivity index (χ3n) is 3.46. The fourth-order valence-corrected chi connectivity index (χ4v) is 3.87. The van der Waals surface area contributed by atoms with Crippen molar-refractivity contribution in [2.75, 3.05) is 7.11 Å². The van der Waals surface area contributed by atoms with E-state index in [1.54, 1.807) is 12.1 Å². The quantitative estimate of drug-likeness (QED) is 0.598. The predicted molar refractivity (Wildman–Crippen MR) is 87.2 cm³/mol. The molecular formula is C16H17NO5S. The molecule has 2 rings (SSSR count). The first kappa shape index (κ1) is 17.0. The minimum absolute atomic E-state index is 0.0977. The molecule has 0 spiro atoms. The molecule has 0 radical (unpaired) electrons. The molecule has 0 amide bonds. The van der Waals surface area contributed by atoms with Gasteiger partial charge in [-0.1, -0.05) is 30.3 Å². The van der Waals surface area contributed by atoms with Crippen LogP contribution in [-0.2, 0) is 21.3 Å². The number of nitrogens with zero attached hydrogens (tertiary/aromatic N) is 1. The van der Waals surface area contributed by atoms with Crippen molar-refractivity contribution in [3.05, 3.63) is 69.3 Å². The van der Waals surface area contributed by atoms with E-state index in [0.29, 0.717) is 5.56 Å². The Morgan fingerprint density at radius 2 is 1.83 bits per heavy atom. The first-order chi connectivity index (χ1) is 10.8. The molecule has 0 aliphatic carbocycles. The molecule has 0 atom stereocenters. The maximum atomic E-state index is 12.4. The highest BCUT2D eigenvalue weighted by molar-refractivity contribution is 7.89. The van der Waals surface area contributed by atoms with Crippen LogP contribution in [0.25, 0.3) is 0 Å². The van der Waals surface area contributed by atoms with Gasteiger partial charge >= 0.3 is 5.69 Å². The summed E-state index contributed by atoms with van der Waals surface area (Å²) in [7, 11) is -2.11. The molecule has 6 nitrogen and oxygen atoms in total. The fraction of sp³-hybridized carbons (Fsp3) is 0.250. The van der Waals surface area contributed by atoms with Crippen molar-refractivity contribution in [1.82, 2.24) is 0 Å². The zero-order chi connectivity index (χ0) is 17.0. The van der Waals surface area contributed by atoms with Gasteiger partial charge in [0.15, 0.2) is 15.6 Å². The second kappa shape index (κ2) is 6.78. The lowest BCUT2D eigenvalue weighted by molar-refractivity contribution is -0.385. The van der Waals surface area contributed by atoms with Crippen molar-refractivity contribution in [2.24, 2.45) is 0 Å². The van der Waals surface area contributed by atoms with Gasteiger partial charge in [-0.15, -0.1) is 0 Å². The summed E-state index contributed by atoms with van der Waals surface area (Å²) in [5.74, 6) is -0.249. The first-order valence-electron chi connectivity index (χ1n) is 6.88. The molecule has 0 fully saturated rings. The van der Waals surface area contributed by atoms with E-state index in [2.05, 4.69) is 0 Å². The smallest absolute Gasteiger partial charge is 0.311 e. The summed E-state index contributed by atoms with van der Waals surface area (Å²) in [6.07, 6.45) is 0. The maximum absolute atomic E-state index is 12.4. The van der Waals surface area contributed by atoms with Gasteiger partial charge in [-0.25, -0.2) is 8.42 Å². The number of rotatable bonds is 6. The zero-order valence-corrected chi connectivity index (χ0v) is 13.7. The van der Waals surface area contributed by atoms with Crippen LogP contribution in [-0.4, -0.2) is 20.5 Å². The van der Waals surface area contributed by atoms with E-state index in [0.717, 1.165) is 11.1 Å². The molecular weight excluding hydrogens is 318 g/mol. The van der Waals surface area contributed by atoms with Crippen molar-refractivity contribution >= 4 is 15.5 Å². The van der Waals surface area contributed by atoms with Gasteiger partial charge in [-0.3, -0.25) is 10.1 Å². The van der Waals surface area contributed by atoms with Crippen molar-refractivity contribution in [3.8, 4) is 5.75 Å². The molecule has 0 N–H and O–H groups in total. The summed E-state index contributed by atoms with van der Waals surface area (Å²) < 4.78 is 29.6. The molecule has 0 saturated carbocycles. The summed E-state index contributed by atoms with van der Waals surface area (Å²) in [5.41, 5.74) is 1.76. The number of sulfone groups is 1. The number of ether oxygens (including phenoxy) is 1. The summed E-state index contributed by atoms with van der Waals surface area (Å²) in [6.45, 7) is 1.85. The molecule has 0 aromatic heterocycles. The van der Waals surface area contributed by atoms with E-state index < -0.39 is 14.8 Å². The Morgan fingerprint density at radius 1 is 1.13 bits per heavy atom. The average molecular weight is 335 g/mol. The second-order valence-electron chi connectivity index (χ2n) is 5.22. The number of methoxy groups -OCH3 is 1. The van der Waals surface area contributed by atoms with Crippen LogP contribution in [0.4, 0.5) is 5.69 Å². The number of nitro groups is 1. The highest BCUT2D eigenvalue weighted by atomic mass is 32.2. The zero-order valence-electron chi connectivity index (χ0n) is 12.9. The number of aryl methyl sites for hydroxylation is 1. The van der Waals surface area contributed by atoms with Gasteiger partial charge in [0.1, 0.15) is 0 Å². The number of hydrogen-bond donors (Lipinski definition) is 0. The van der Waals surface area contributed by atoms with E-state index in [4.69, 9.17) is 4.74 Å². The second-order valence-corrected chi connectivity index (χ2v) is 7.29. The number of benzene rings is 2. The lowest BCUT2D eigenvalue weighted by Crippen LogP contribution is -2.09. The Labute approximate surface area is 134 Å². The first-order valence-corrected chi connectivity index (χ1v) is 8.71. The van der Waals surface area contributed by atoms with E-state index in [1.807, 2.05) is 19.1 Å². The summed E-state index contributed by atoms with van der Waals surface area (Å²) in [4.78, 5) is 10.4. The molecule has 0 aliphatic rings. The molecule has 0 aliphatic heterocycles.